The highest BCUT2D eigenvalue weighted by molar-refractivity contribution is 4.77. The van der Waals surface area contributed by atoms with E-state index >= 15 is 0 Å². The zero-order valence-electron chi connectivity index (χ0n) is 9.42. The maximum Gasteiger partial charge on any atom is -0.00489 e. The molecule has 0 aromatic heterocycles. The van der Waals surface area contributed by atoms with Gasteiger partial charge in [-0.25, -0.2) is 0 Å². The molecule has 0 amide bonds. The number of hydrogen-bond acceptors (Lipinski definition) is 1. The molecule has 0 spiro atoms. The summed E-state index contributed by atoms with van der Waals surface area (Å²) in [6.45, 7) is 7.89. The van der Waals surface area contributed by atoms with Crippen molar-refractivity contribution in [3.63, 3.8) is 0 Å². The molecule has 1 aliphatic rings. The van der Waals surface area contributed by atoms with Gasteiger partial charge in [0.05, 0.1) is 0 Å². The van der Waals surface area contributed by atoms with Gasteiger partial charge in [-0.15, -0.1) is 0 Å². The zero-order valence-corrected chi connectivity index (χ0v) is 9.42. The maximum absolute atomic E-state index is 5.70. The van der Waals surface area contributed by atoms with E-state index in [1.165, 1.54) is 25.7 Å². The van der Waals surface area contributed by atoms with E-state index < -0.39 is 0 Å². The highest BCUT2D eigenvalue weighted by atomic mass is 14.6. The lowest BCUT2D eigenvalue weighted by atomic mass is 9.73. The van der Waals surface area contributed by atoms with Crippen LogP contribution in [0.3, 0.4) is 0 Å². The van der Waals surface area contributed by atoms with Gasteiger partial charge in [0.2, 0.25) is 0 Å². The van der Waals surface area contributed by atoms with Crippen LogP contribution in [-0.4, -0.2) is 6.54 Å². The fourth-order valence-corrected chi connectivity index (χ4v) is 2.57. The van der Waals surface area contributed by atoms with Gasteiger partial charge in [-0.1, -0.05) is 20.8 Å². The van der Waals surface area contributed by atoms with E-state index in [4.69, 9.17) is 5.73 Å². The summed E-state index contributed by atoms with van der Waals surface area (Å²) < 4.78 is 0. The van der Waals surface area contributed by atoms with Gasteiger partial charge < -0.3 is 5.73 Å². The van der Waals surface area contributed by atoms with E-state index in [1.807, 2.05) is 0 Å². The van der Waals surface area contributed by atoms with Crippen LogP contribution >= 0.6 is 0 Å². The SMILES string of the molecule is CC(C)C1CCC(C(C)CN)CC1. The first-order valence-corrected chi connectivity index (χ1v) is 5.85. The molecule has 1 atom stereocenters. The van der Waals surface area contributed by atoms with Crippen LogP contribution in [0.2, 0.25) is 0 Å². The van der Waals surface area contributed by atoms with Crippen molar-refractivity contribution in [3.8, 4) is 0 Å². The van der Waals surface area contributed by atoms with Crippen LogP contribution in [-0.2, 0) is 0 Å². The average Bonchev–Trinajstić information content (AvgIpc) is 2.17. The minimum Gasteiger partial charge on any atom is -0.330 e. The number of hydrogen-bond donors (Lipinski definition) is 1. The molecule has 0 heterocycles. The lowest BCUT2D eigenvalue weighted by Gasteiger charge is -2.33. The molecule has 1 unspecified atom stereocenters. The molecule has 0 bridgehead atoms. The van der Waals surface area contributed by atoms with E-state index in [0.717, 1.165) is 30.2 Å². The van der Waals surface area contributed by atoms with Crippen LogP contribution in [0.4, 0.5) is 0 Å². The van der Waals surface area contributed by atoms with Gasteiger partial charge in [0.1, 0.15) is 0 Å². The molecular formula is C12H25N. The minimum atomic E-state index is 0.744. The fraction of sp³-hybridized carbons (Fsp3) is 1.00. The van der Waals surface area contributed by atoms with Crippen molar-refractivity contribution in [2.45, 2.75) is 46.5 Å². The molecule has 1 saturated carbocycles. The van der Waals surface area contributed by atoms with Crippen molar-refractivity contribution in [1.82, 2.24) is 0 Å². The molecule has 1 fully saturated rings. The second-order valence-electron chi connectivity index (χ2n) is 5.13. The smallest absolute Gasteiger partial charge is 0.00489 e. The highest BCUT2D eigenvalue weighted by Crippen LogP contribution is 2.36. The Labute approximate surface area is 83.1 Å². The van der Waals surface area contributed by atoms with Crippen molar-refractivity contribution in [3.05, 3.63) is 0 Å². The molecule has 1 heteroatoms. The van der Waals surface area contributed by atoms with Crippen LogP contribution in [0.1, 0.15) is 46.5 Å². The van der Waals surface area contributed by atoms with Crippen molar-refractivity contribution in [2.75, 3.05) is 6.54 Å². The third-order valence-electron chi connectivity index (χ3n) is 3.94. The van der Waals surface area contributed by atoms with Crippen LogP contribution in [0.25, 0.3) is 0 Å². The van der Waals surface area contributed by atoms with E-state index in [2.05, 4.69) is 20.8 Å². The standard InChI is InChI=1S/C12H25N/c1-9(2)11-4-6-12(7-5-11)10(3)8-13/h9-12H,4-8,13H2,1-3H3. The van der Waals surface area contributed by atoms with E-state index in [9.17, 15) is 0 Å². The molecular weight excluding hydrogens is 158 g/mol. The van der Waals surface area contributed by atoms with Gasteiger partial charge in [-0.3, -0.25) is 0 Å². The van der Waals surface area contributed by atoms with E-state index in [-0.39, 0.29) is 0 Å². The number of rotatable bonds is 3. The summed E-state index contributed by atoms with van der Waals surface area (Å²) in [6.07, 6.45) is 5.71. The third-order valence-corrected chi connectivity index (χ3v) is 3.94. The van der Waals surface area contributed by atoms with E-state index in [0.29, 0.717) is 0 Å². The first kappa shape index (κ1) is 11.0. The Hall–Kier alpha value is -0.0400. The topological polar surface area (TPSA) is 26.0 Å². The summed E-state index contributed by atoms with van der Waals surface area (Å²) in [5.74, 6) is 3.53. The molecule has 0 aromatic carbocycles. The number of nitrogens with two attached hydrogens (primary N) is 1. The molecule has 1 aliphatic carbocycles. The molecule has 13 heavy (non-hydrogen) atoms. The Kier molecular flexibility index (Phi) is 4.24. The predicted molar refractivity (Wildman–Crippen MR) is 58.5 cm³/mol. The van der Waals surface area contributed by atoms with Gasteiger partial charge in [-0.05, 0) is 55.9 Å². The lowest BCUT2D eigenvalue weighted by Crippen LogP contribution is -2.26. The summed E-state index contributed by atoms with van der Waals surface area (Å²) in [5, 5.41) is 0. The summed E-state index contributed by atoms with van der Waals surface area (Å²) >= 11 is 0. The summed E-state index contributed by atoms with van der Waals surface area (Å²) in [5.41, 5.74) is 5.70. The first-order chi connectivity index (χ1) is 6.15. The highest BCUT2D eigenvalue weighted by Gasteiger charge is 2.25. The van der Waals surface area contributed by atoms with Gasteiger partial charge in [0, 0.05) is 0 Å². The molecule has 0 radical (unpaired) electrons. The Balaban J connectivity index is 2.30. The molecule has 78 valence electrons. The summed E-state index contributed by atoms with van der Waals surface area (Å²) in [4.78, 5) is 0. The predicted octanol–water partition coefficient (Wildman–Crippen LogP) is 3.04. The van der Waals surface area contributed by atoms with Crippen LogP contribution in [0.15, 0.2) is 0 Å². The van der Waals surface area contributed by atoms with Gasteiger partial charge in [-0.2, -0.15) is 0 Å². The third kappa shape index (κ3) is 2.98. The van der Waals surface area contributed by atoms with Crippen molar-refractivity contribution in [1.29, 1.82) is 0 Å². The molecule has 0 saturated heterocycles. The van der Waals surface area contributed by atoms with Crippen molar-refractivity contribution < 1.29 is 0 Å². The quantitative estimate of drug-likeness (QED) is 0.715. The second-order valence-corrected chi connectivity index (χ2v) is 5.13. The molecule has 1 rings (SSSR count). The van der Waals surface area contributed by atoms with Crippen molar-refractivity contribution >= 4 is 0 Å². The minimum absolute atomic E-state index is 0.744. The fourth-order valence-electron chi connectivity index (χ4n) is 2.57. The van der Waals surface area contributed by atoms with Crippen LogP contribution in [0, 0.1) is 23.7 Å². The first-order valence-electron chi connectivity index (χ1n) is 5.85. The largest absolute Gasteiger partial charge is 0.330 e. The molecule has 1 nitrogen and oxygen atoms in total. The molecule has 0 aliphatic heterocycles. The van der Waals surface area contributed by atoms with Gasteiger partial charge >= 0.3 is 0 Å². The molecule has 0 aromatic rings. The second kappa shape index (κ2) is 4.99. The maximum atomic E-state index is 5.70. The van der Waals surface area contributed by atoms with Crippen LogP contribution < -0.4 is 5.73 Å². The van der Waals surface area contributed by atoms with Crippen LogP contribution in [0.5, 0.6) is 0 Å². The Bertz CT molecular complexity index is 134. The summed E-state index contributed by atoms with van der Waals surface area (Å²) in [7, 11) is 0. The van der Waals surface area contributed by atoms with Crippen molar-refractivity contribution in [2.24, 2.45) is 29.4 Å². The Morgan fingerprint density at radius 2 is 1.46 bits per heavy atom. The normalized spacial score (nSPS) is 32.1. The molecule has 2 N–H and O–H groups in total. The summed E-state index contributed by atoms with van der Waals surface area (Å²) in [6, 6.07) is 0. The zero-order chi connectivity index (χ0) is 9.84. The van der Waals surface area contributed by atoms with Gasteiger partial charge in [0.25, 0.3) is 0 Å². The monoisotopic (exact) mass is 183 g/mol. The average molecular weight is 183 g/mol. The Morgan fingerprint density at radius 3 is 1.85 bits per heavy atom. The van der Waals surface area contributed by atoms with E-state index in [1.54, 1.807) is 0 Å². The van der Waals surface area contributed by atoms with Gasteiger partial charge in [0.15, 0.2) is 0 Å². The Morgan fingerprint density at radius 1 is 1.00 bits per heavy atom. The lowest BCUT2D eigenvalue weighted by molar-refractivity contribution is 0.185.